The number of para-hydroxylation sites is 1. The van der Waals surface area contributed by atoms with Crippen LogP contribution in [0.4, 0.5) is 0 Å². The van der Waals surface area contributed by atoms with Gasteiger partial charge in [0.25, 0.3) is 0 Å². The molecule has 9 aromatic rings. The number of thiophene rings is 1. The highest BCUT2D eigenvalue weighted by Gasteiger charge is 2.14. The summed E-state index contributed by atoms with van der Waals surface area (Å²) in [5, 5.41) is 4.52. The molecule has 4 nitrogen and oxygen atoms in total. The van der Waals surface area contributed by atoms with Crippen LogP contribution in [-0.4, -0.2) is 0 Å². The molecular formula is C38H20O4S. The summed E-state index contributed by atoms with van der Waals surface area (Å²) in [5.74, 6) is 0. The normalized spacial score (nSPS) is 11.9. The van der Waals surface area contributed by atoms with E-state index in [-0.39, 0.29) is 10.9 Å². The fourth-order valence-corrected chi connectivity index (χ4v) is 7.19. The lowest BCUT2D eigenvalue weighted by Gasteiger charge is -2.08. The molecular weight excluding hydrogens is 552 g/mol. The first-order valence-electron chi connectivity index (χ1n) is 14.0. The van der Waals surface area contributed by atoms with E-state index in [1.54, 1.807) is 23.5 Å². The van der Waals surface area contributed by atoms with Gasteiger partial charge in [0.15, 0.2) is 0 Å². The lowest BCUT2D eigenvalue weighted by atomic mass is 9.99. The molecule has 0 aliphatic rings. The minimum Gasteiger partial charge on any atom is -0.456 e. The summed E-state index contributed by atoms with van der Waals surface area (Å²) in [6.07, 6.45) is 0. The van der Waals surface area contributed by atoms with Gasteiger partial charge in [-0.25, -0.2) is 0 Å². The molecule has 0 unspecified atom stereocenters. The second-order valence-corrected chi connectivity index (χ2v) is 11.9. The molecule has 3 aromatic heterocycles. The van der Waals surface area contributed by atoms with E-state index in [0.717, 1.165) is 22.3 Å². The van der Waals surface area contributed by atoms with E-state index in [1.165, 1.54) is 20.2 Å². The summed E-state index contributed by atoms with van der Waals surface area (Å²) in [5.41, 5.74) is 5.64. The Hall–Kier alpha value is -5.52. The van der Waals surface area contributed by atoms with Gasteiger partial charge in [-0.1, -0.05) is 54.6 Å². The van der Waals surface area contributed by atoms with Crippen LogP contribution in [0.2, 0.25) is 0 Å². The molecule has 43 heavy (non-hydrogen) atoms. The average Bonchev–Trinajstić information content (AvgIpc) is 3.43. The smallest absolute Gasteiger partial charge is 0.200 e. The molecule has 0 bridgehead atoms. The van der Waals surface area contributed by atoms with Crippen molar-refractivity contribution >= 4 is 75.4 Å². The summed E-state index contributed by atoms with van der Waals surface area (Å²) >= 11 is 1.79. The Balaban J connectivity index is 1.19. The molecule has 0 N–H and O–H groups in total. The van der Waals surface area contributed by atoms with Crippen molar-refractivity contribution in [2.45, 2.75) is 0 Å². The van der Waals surface area contributed by atoms with E-state index in [1.807, 2.05) is 66.7 Å². The molecule has 0 spiro atoms. The zero-order valence-corrected chi connectivity index (χ0v) is 23.4. The summed E-state index contributed by atoms with van der Waals surface area (Å²) in [6.45, 7) is 0. The third-order valence-corrected chi connectivity index (χ3v) is 9.44. The summed E-state index contributed by atoms with van der Waals surface area (Å²) < 4.78 is 14.7. The molecule has 0 aliphatic carbocycles. The van der Waals surface area contributed by atoms with Crippen LogP contribution in [0.5, 0.6) is 0 Å². The van der Waals surface area contributed by atoms with E-state index >= 15 is 0 Å². The van der Waals surface area contributed by atoms with Crippen molar-refractivity contribution in [2.75, 3.05) is 0 Å². The van der Waals surface area contributed by atoms with Gasteiger partial charge in [-0.2, -0.15) is 0 Å². The number of hydrogen-bond acceptors (Lipinski definition) is 5. The largest absolute Gasteiger partial charge is 0.456 e. The van der Waals surface area contributed by atoms with Crippen LogP contribution in [0.25, 0.3) is 86.3 Å². The molecule has 3 heterocycles. The Labute approximate surface area is 247 Å². The third kappa shape index (κ3) is 3.69. The molecule has 0 amide bonds. The molecule has 6 aromatic carbocycles. The second-order valence-electron chi connectivity index (χ2n) is 10.8. The van der Waals surface area contributed by atoms with Gasteiger partial charge in [-0.05, 0) is 89.0 Å². The second kappa shape index (κ2) is 8.99. The van der Waals surface area contributed by atoms with Crippen molar-refractivity contribution in [1.29, 1.82) is 0 Å². The van der Waals surface area contributed by atoms with Crippen LogP contribution in [0, 0.1) is 0 Å². The van der Waals surface area contributed by atoms with Crippen LogP contribution in [0.3, 0.4) is 0 Å². The highest BCUT2D eigenvalue weighted by atomic mass is 32.1. The molecule has 0 saturated carbocycles. The SMILES string of the molecule is O=c1c2ccccc2oc2ccc(-c3ccc4oc5ccc(-c6ccc7sc8ccccc8c7c6)cc5c(=O)c4c3)cc12. The zero-order valence-electron chi connectivity index (χ0n) is 22.6. The van der Waals surface area contributed by atoms with Gasteiger partial charge in [0.2, 0.25) is 10.9 Å². The maximum atomic E-state index is 13.9. The number of benzene rings is 6. The van der Waals surface area contributed by atoms with Crippen molar-refractivity contribution in [2.24, 2.45) is 0 Å². The Morgan fingerprint density at radius 1 is 0.372 bits per heavy atom. The van der Waals surface area contributed by atoms with Gasteiger partial charge in [0, 0.05) is 20.2 Å². The molecule has 0 aliphatic heterocycles. The number of hydrogen-bond donors (Lipinski definition) is 0. The highest BCUT2D eigenvalue weighted by Crippen LogP contribution is 2.37. The molecule has 0 atom stereocenters. The van der Waals surface area contributed by atoms with Crippen LogP contribution >= 0.6 is 11.3 Å². The zero-order chi connectivity index (χ0) is 28.7. The Morgan fingerprint density at radius 3 is 1.40 bits per heavy atom. The van der Waals surface area contributed by atoms with Gasteiger partial charge < -0.3 is 8.83 Å². The standard InChI is InChI=1S/C38H20O4S/c39-37-26-6-1-3-7-31(26)41-32-13-9-21(18-28(32)37)22-10-14-33-29(19-22)38(40)30-20-23(11-15-34(30)42-33)24-12-16-36-27(17-24)25-5-2-4-8-35(25)43-36/h1-20H. The summed E-state index contributed by atoms with van der Waals surface area (Å²) in [6, 6.07) is 39.1. The van der Waals surface area contributed by atoms with E-state index in [0.29, 0.717) is 43.9 Å². The van der Waals surface area contributed by atoms with E-state index < -0.39 is 0 Å². The lowest BCUT2D eigenvalue weighted by Crippen LogP contribution is -2.03. The number of rotatable bonds is 2. The van der Waals surface area contributed by atoms with Gasteiger partial charge in [0.1, 0.15) is 22.3 Å². The van der Waals surface area contributed by atoms with Crippen LogP contribution in [0.1, 0.15) is 0 Å². The Bertz CT molecular complexity index is 2730. The predicted octanol–water partition coefficient (Wildman–Crippen LogP) is 9.91. The van der Waals surface area contributed by atoms with Crippen LogP contribution < -0.4 is 10.9 Å². The first kappa shape index (κ1) is 24.1. The van der Waals surface area contributed by atoms with Crippen molar-refractivity contribution in [3.8, 4) is 22.3 Å². The van der Waals surface area contributed by atoms with E-state index in [2.05, 4.69) is 42.5 Å². The minimum absolute atomic E-state index is 0.0776. The molecule has 0 saturated heterocycles. The van der Waals surface area contributed by atoms with Crippen molar-refractivity contribution in [3.05, 3.63) is 142 Å². The minimum atomic E-state index is -0.0895. The molecule has 9 rings (SSSR count). The third-order valence-electron chi connectivity index (χ3n) is 8.29. The first-order valence-corrected chi connectivity index (χ1v) is 14.8. The Kier molecular flexibility index (Phi) is 5.04. The summed E-state index contributed by atoms with van der Waals surface area (Å²) in [4.78, 5) is 27.1. The molecule has 5 heteroatoms. The molecule has 202 valence electrons. The maximum absolute atomic E-state index is 13.9. The van der Waals surface area contributed by atoms with Crippen molar-refractivity contribution < 1.29 is 8.83 Å². The fraction of sp³-hybridized carbons (Fsp3) is 0. The van der Waals surface area contributed by atoms with Crippen LogP contribution in [0.15, 0.2) is 140 Å². The highest BCUT2D eigenvalue weighted by molar-refractivity contribution is 7.25. The average molecular weight is 573 g/mol. The number of fused-ring (bicyclic) bond motifs is 7. The topological polar surface area (TPSA) is 60.4 Å². The van der Waals surface area contributed by atoms with Gasteiger partial charge in [-0.3, -0.25) is 9.59 Å². The monoisotopic (exact) mass is 572 g/mol. The lowest BCUT2D eigenvalue weighted by molar-refractivity contribution is 0.659. The van der Waals surface area contributed by atoms with Gasteiger partial charge >= 0.3 is 0 Å². The fourth-order valence-electron chi connectivity index (χ4n) is 6.10. The quantitative estimate of drug-likeness (QED) is 0.193. The first-order chi connectivity index (χ1) is 21.1. The predicted molar refractivity (Wildman–Crippen MR) is 177 cm³/mol. The van der Waals surface area contributed by atoms with E-state index in [9.17, 15) is 9.59 Å². The summed E-state index contributed by atoms with van der Waals surface area (Å²) in [7, 11) is 0. The Morgan fingerprint density at radius 2 is 0.791 bits per heavy atom. The van der Waals surface area contributed by atoms with Crippen LogP contribution in [-0.2, 0) is 0 Å². The maximum Gasteiger partial charge on any atom is 0.200 e. The molecule has 0 radical (unpaired) electrons. The molecule has 0 fully saturated rings. The van der Waals surface area contributed by atoms with E-state index in [4.69, 9.17) is 8.83 Å². The van der Waals surface area contributed by atoms with Crippen molar-refractivity contribution in [1.82, 2.24) is 0 Å². The van der Waals surface area contributed by atoms with Gasteiger partial charge in [-0.15, -0.1) is 11.3 Å². The van der Waals surface area contributed by atoms with Gasteiger partial charge in [0.05, 0.1) is 21.5 Å². The van der Waals surface area contributed by atoms with Crippen molar-refractivity contribution in [3.63, 3.8) is 0 Å².